The van der Waals surface area contributed by atoms with Crippen molar-refractivity contribution in [3.8, 4) is 0 Å². The van der Waals surface area contributed by atoms with E-state index in [0.717, 1.165) is 16.1 Å². The molecule has 0 saturated heterocycles. The van der Waals surface area contributed by atoms with Crippen LogP contribution < -0.4 is 0 Å². The molecule has 0 unspecified atom stereocenters. The van der Waals surface area contributed by atoms with Crippen LogP contribution in [0.1, 0.15) is 11.1 Å². The van der Waals surface area contributed by atoms with E-state index in [9.17, 15) is 0 Å². The maximum Gasteiger partial charge on any atom is 0.0769 e. The monoisotopic (exact) mass is 303 g/mol. The number of para-hydroxylation sites is 1. The van der Waals surface area contributed by atoms with Gasteiger partial charge in [-0.1, -0.05) is 71.9 Å². The zero-order valence-electron chi connectivity index (χ0n) is 12.4. The predicted octanol–water partition coefficient (Wildman–Crippen LogP) is 5.90. The molecule has 0 N–H and O–H groups in total. The van der Waals surface area contributed by atoms with E-state index in [0.29, 0.717) is 0 Å². The second-order valence-electron chi connectivity index (χ2n) is 5.06. The third-order valence-electron chi connectivity index (χ3n) is 3.23. The third-order valence-corrected chi connectivity index (χ3v) is 4.30. The molecule has 0 atom stereocenters. The summed E-state index contributed by atoms with van der Waals surface area (Å²) in [5.41, 5.74) is 3.37. The van der Waals surface area contributed by atoms with Crippen LogP contribution >= 0.6 is 11.8 Å². The van der Waals surface area contributed by atoms with E-state index in [1.165, 1.54) is 10.5 Å². The fraction of sp³-hybridized carbons (Fsp3) is 0.0500. The molecule has 1 nitrogen and oxygen atoms in total. The summed E-state index contributed by atoms with van der Waals surface area (Å²) in [6.07, 6.45) is 1.93. The van der Waals surface area contributed by atoms with Crippen LogP contribution in [0.25, 0.3) is 0 Å². The summed E-state index contributed by atoms with van der Waals surface area (Å²) in [4.78, 5) is 7.06. The molecule has 2 heteroatoms. The number of rotatable bonds is 4. The maximum absolute atomic E-state index is 4.67. The molecule has 3 aromatic carbocycles. The molecule has 0 aliphatic rings. The van der Waals surface area contributed by atoms with Gasteiger partial charge >= 0.3 is 0 Å². The van der Waals surface area contributed by atoms with E-state index in [2.05, 4.69) is 78.6 Å². The summed E-state index contributed by atoms with van der Waals surface area (Å²) in [7, 11) is 0. The Kier molecular flexibility index (Phi) is 4.71. The van der Waals surface area contributed by atoms with Gasteiger partial charge in [-0.05, 0) is 36.8 Å². The number of aliphatic imine (C=N–C) groups is 1. The lowest BCUT2D eigenvalue weighted by molar-refractivity contribution is 1.36. The summed E-state index contributed by atoms with van der Waals surface area (Å²) in [5.74, 6) is 0. The summed E-state index contributed by atoms with van der Waals surface area (Å²) < 4.78 is 0. The maximum atomic E-state index is 4.67. The summed E-state index contributed by atoms with van der Waals surface area (Å²) in [6, 6.07) is 27.0. The van der Waals surface area contributed by atoms with Gasteiger partial charge in [-0.2, -0.15) is 0 Å². The van der Waals surface area contributed by atoms with E-state index >= 15 is 0 Å². The zero-order chi connectivity index (χ0) is 15.2. The normalized spacial score (nSPS) is 11.0. The topological polar surface area (TPSA) is 12.4 Å². The summed E-state index contributed by atoms with van der Waals surface area (Å²) in [5, 5.41) is 0. The molecule has 22 heavy (non-hydrogen) atoms. The average Bonchev–Trinajstić information content (AvgIpc) is 2.55. The first-order valence-corrected chi connectivity index (χ1v) is 8.05. The second kappa shape index (κ2) is 7.10. The number of hydrogen-bond acceptors (Lipinski definition) is 2. The van der Waals surface area contributed by atoms with Crippen molar-refractivity contribution < 1.29 is 0 Å². The van der Waals surface area contributed by atoms with Crippen LogP contribution in [0.15, 0.2) is 93.6 Å². The highest BCUT2D eigenvalue weighted by atomic mass is 32.2. The molecule has 0 aromatic heterocycles. The minimum Gasteiger partial charge on any atom is -0.255 e. The van der Waals surface area contributed by atoms with Crippen molar-refractivity contribution in [1.29, 1.82) is 0 Å². The molecule has 3 rings (SSSR count). The van der Waals surface area contributed by atoms with Gasteiger partial charge in [-0.15, -0.1) is 0 Å². The Morgan fingerprint density at radius 3 is 2.41 bits per heavy atom. The van der Waals surface area contributed by atoms with Crippen LogP contribution in [0.3, 0.4) is 0 Å². The van der Waals surface area contributed by atoms with Crippen molar-refractivity contribution >= 4 is 23.7 Å². The highest BCUT2D eigenvalue weighted by Crippen LogP contribution is 2.34. The Morgan fingerprint density at radius 1 is 0.818 bits per heavy atom. The lowest BCUT2D eigenvalue weighted by atomic mass is 10.1. The van der Waals surface area contributed by atoms with Crippen LogP contribution in [0.2, 0.25) is 0 Å². The number of benzene rings is 3. The van der Waals surface area contributed by atoms with Crippen molar-refractivity contribution in [3.05, 3.63) is 90.0 Å². The van der Waals surface area contributed by atoms with Gasteiger partial charge in [0.1, 0.15) is 0 Å². The molecule has 0 radical (unpaired) electrons. The Balaban J connectivity index is 1.85. The van der Waals surface area contributed by atoms with Crippen molar-refractivity contribution in [2.75, 3.05) is 0 Å². The van der Waals surface area contributed by atoms with E-state index < -0.39 is 0 Å². The van der Waals surface area contributed by atoms with Crippen LogP contribution in [-0.4, -0.2) is 6.21 Å². The second-order valence-corrected chi connectivity index (χ2v) is 6.17. The Morgan fingerprint density at radius 2 is 1.59 bits per heavy atom. The minimum absolute atomic E-state index is 0.998. The largest absolute Gasteiger partial charge is 0.255 e. The van der Waals surface area contributed by atoms with Gasteiger partial charge in [0.05, 0.1) is 5.69 Å². The van der Waals surface area contributed by atoms with E-state index in [1.54, 1.807) is 11.8 Å². The molecule has 0 bridgehead atoms. The van der Waals surface area contributed by atoms with Crippen molar-refractivity contribution in [3.63, 3.8) is 0 Å². The number of hydrogen-bond donors (Lipinski definition) is 0. The Labute approximate surface area is 135 Å². The Bertz CT molecular complexity index is 778. The first-order valence-electron chi connectivity index (χ1n) is 7.24. The zero-order valence-corrected chi connectivity index (χ0v) is 13.3. The van der Waals surface area contributed by atoms with Crippen LogP contribution in [0.4, 0.5) is 5.69 Å². The SMILES string of the molecule is Cc1cccc(C=Nc2ccccc2Sc2ccccc2)c1. The first-order chi connectivity index (χ1) is 10.8. The van der Waals surface area contributed by atoms with Gasteiger partial charge in [-0.3, -0.25) is 4.99 Å². The van der Waals surface area contributed by atoms with Gasteiger partial charge in [0.15, 0.2) is 0 Å². The smallest absolute Gasteiger partial charge is 0.0769 e. The van der Waals surface area contributed by atoms with Crippen molar-refractivity contribution in [1.82, 2.24) is 0 Å². The molecule has 108 valence electrons. The van der Waals surface area contributed by atoms with Gasteiger partial charge < -0.3 is 0 Å². The third kappa shape index (κ3) is 3.86. The fourth-order valence-electron chi connectivity index (χ4n) is 2.16. The molecule has 0 heterocycles. The van der Waals surface area contributed by atoms with E-state index in [-0.39, 0.29) is 0 Å². The molecule has 0 fully saturated rings. The minimum atomic E-state index is 0.998. The molecule has 0 spiro atoms. The van der Waals surface area contributed by atoms with Crippen LogP contribution in [-0.2, 0) is 0 Å². The van der Waals surface area contributed by atoms with Gasteiger partial charge in [-0.25, -0.2) is 0 Å². The molecule has 0 amide bonds. The molecule has 0 saturated carbocycles. The lowest BCUT2D eigenvalue weighted by Gasteiger charge is -2.05. The molecular weight excluding hydrogens is 286 g/mol. The highest BCUT2D eigenvalue weighted by molar-refractivity contribution is 7.99. The van der Waals surface area contributed by atoms with Gasteiger partial charge in [0.25, 0.3) is 0 Å². The number of nitrogens with zero attached hydrogens (tertiary/aromatic N) is 1. The first kappa shape index (κ1) is 14.6. The summed E-state index contributed by atoms with van der Waals surface area (Å²) >= 11 is 1.74. The standard InChI is InChI=1S/C20H17NS/c1-16-8-7-9-17(14-16)15-21-19-12-5-6-13-20(19)22-18-10-3-2-4-11-18/h2-15H,1H3. The molecule has 0 aliphatic heterocycles. The highest BCUT2D eigenvalue weighted by Gasteiger charge is 2.02. The quantitative estimate of drug-likeness (QED) is 0.547. The fourth-order valence-corrected chi connectivity index (χ4v) is 3.08. The van der Waals surface area contributed by atoms with Crippen LogP contribution in [0, 0.1) is 6.92 Å². The van der Waals surface area contributed by atoms with Gasteiger partial charge in [0, 0.05) is 16.0 Å². The average molecular weight is 303 g/mol. The number of aryl methyl sites for hydroxylation is 1. The predicted molar refractivity (Wildman–Crippen MR) is 95.4 cm³/mol. The molecule has 0 aliphatic carbocycles. The molecule has 3 aromatic rings. The lowest BCUT2D eigenvalue weighted by Crippen LogP contribution is -1.82. The summed E-state index contributed by atoms with van der Waals surface area (Å²) in [6.45, 7) is 2.09. The molecular formula is C20H17NS. The van der Waals surface area contributed by atoms with E-state index in [4.69, 9.17) is 0 Å². The Hall–Kier alpha value is -2.32. The van der Waals surface area contributed by atoms with Crippen LogP contribution in [0.5, 0.6) is 0 Å². The van der Waals surface area contributed by atoms with Gasteiger partial charge in [0.2, 0.25) is 0 Å². The van der Waals surface area contributed by atoms with E-state index in [1.807, 2.05) is 18.3 Å². The van der Waals surface area contributed by atoms with Crippen molar-refractivity contribution in [2.45, 2.75) is 16.7 Å². The van der Waals surface area contributed by atoms with Crippen molar-refractivity contribution in [2.24, 2.45) is 4.99 Å².